The highest BCUT2D eigenvalue weighted by Gasteiger charge is 2.46. The highest BCUT2D eigenvalue weighted by atomic mass is 79.9. The van der Waals surface area contributed by atoms with Crippen LogP contribution in [0.4, 0.5) is 0 Å². The lowest BCUT2D eigenvalue weighted by atomic mass is 9.82. The molecule has 1 saturated carbocycles. The fraction of sp³-hybridized carbons (Fsp3) is 0.250. The summed E-state index contributed by atoms with van der Waals surface area (Å²) in [4.78, 5) is 0. The minimum absolute atomic E-state index is 0.348. The lowest BCUT2D eigenvalue weighted by Crippen LogP contribution is -2.29. The normalized spacial score (nSPS) is 18.3. The lowest BCUT2D eigenvalue weighted by Gasteiger charge is -2.29. The van der Waals surface area contributed by atoms with Crippen molar-refractivity contribution < 1.29 is 5.11 Å². The molecule has 0 bridgehead atoms. The van der Waals surface area contributed by atoms with Crippen LogP contribution in [0.25, 0.3) is 0 Å². The summed E-state index contributed by atoms with van der Waals surface area (Å²) in [5, 5.41) is 11.2. The number of benzene rings is 2. The van der Waals surface area contributed by atoms with Crippen molar-refractivity contribution in [3.8, 4) is 0 Å². The zero-order chi connectivity index (χ0) is 12.6. The summed E-state index contributed by atoms with van der Waals surface area (Å²) in [5.41, 5.74) is 1.15. The number of halogens is 1. The molecule has 1 N–H and O–H groups in total. The molecule has 0 aromatic heterocycles. The van der Waals surface area contributed by atoms with Gasteiger partial charge >= 0.3 is 0 Å². The highest BCUT2D eigenvalue weighted by molar-refractivity contribution is 9.10. The Morgan fingerprint density at radius 1 is 0.889 bits per heavy atom. The summed E-state index contributed by atoms with van der Waals surface area (Å²) in [7, 11) is 0. The standard InChI is InChI=1S/C16H15BrO/c17-15-10-8-14(9-11-15)16(18,13-6-7-13)12-4-2-1-3-5-12/h1-5,8-11,13,18H,6-7H2. The number of rotatable bonds is 3. The molecule has 92 valence electrons. The summed E-state index contributed by atoms with van der Waals surface area (Å²) >= 11 is 3.44. The largest absolute Gasteiger partial charge is 0.380 e. The second-order valence-electron chi connectivity index (χ2n) is 4.91. The molecule has 2 aromatic rings. The molecule has 1 aliphatic carbocycles. The number of hydrogen-bond donors (Lipinski definition) is 1. The van der Waals surface area contributed by atoms with Gasteiger partial charge in [-0.1, -0.05) is 58.4 Å². The predicted octanol–water partition coefficient (Wildman–Crippen LogP) is 4.10. The molecule has 2 heteroatoms. The van der Waals surface area contributed by atoms with E-state index in [4.69, 9.17) is 0 Å². The Bertz CT molecular complexity index is 531. The molecule has 0 heterocycles. The van der Waals surface area contributed by atoms with Crippen LogP contribution in [-0.4, -0.2) is 5.11 Å². The SMILES string of the molecule is OC(c1ccccc1)(c1ccc(Br)cc1)C1CC1. The van der Waals surface area contributed by atoms with Gasteiger partial charge in [0, 0.05) is 4.47 Å². The third-order valence-electron chi connectivity index (χ3n) is 3.67. The summed E-state index contributed by atoms with van der Waals surface area (Å²) in [6.45, 7) is 0. The van der Waals surface area contributed by atoms with Crippen molar-refractivity contribution in [1.82, 2.24) is 0 Å². The third-order valence-corrected chi connectivity index (χ3v) is 4.20. The smallest absolute Gasteiger partial charge is 0.117 e. The van der Waals surface area contributed by atoms with Gasteiger partial charge in [-0.05, 0) is 42.0 Å². The topological polar surface area (TPSA) is 20.2 Å². The van der Waals surface area contributed by atoms with Gasteiger partial charge < -0.3 is 5.11 Å². The maximum atomic E-state index is 11.2. The van der Waals surface area contributed by atoms with Crippen molar-refractivity contribution >= 4 is 15.9 Å². The van der Waals surface area contributed by atoms with Crippen molar-refractivity contribution in [3.05, 3.63) is 70.2 Å². The Hall–Kier alpha value is -1.12. The predicted molar refractivity (Wildman–Crippen MR) is 76.3 cm³/mol. The monoisotopic (exact) mass is 302 g/mol. The van der Waals surface area contributed by atoms with Crippen LogP contribution in [-0.2, 0) is 5.60 Å². The number of hydrogen-bond acceptors (Lipinski definition) is 1. The molecule has 0 radical (unpaired) electrons. The summed E-state index contributed by atoms with van der Waals surface area (Å²) in [6.07, 6.45) is 2.20. The molecule has 0 aliphatic heterocycles. The molecule has 3 rings (SSSR count). The van der Waals surface area contributed by atoms with Crippen LogP contribution in [0, 0.1) is 5.92 Å². The minimum Gasteiger partial charge on any atom is -0.380 e. The van der Waals surface area contributed by atoms with Crippen LogP contribution < -0.4 is 0 Å². The molecule has 2 aromatic carbocycles. The molecule has 1 fully saturated rings. The van der Waals surface area contributed by atoms with Crippen LogP contribution in [0.5, 0.6) is 0 Å². The van der Waals surface area contributed by atoms with E-state index in [9.17, 15) is 5.11 Å². The van der Waals surface area contributed by atoms with Crippen molar-refractivity contribution in [2.75, 3.05) is 0 Å². The molecule has 0 saturated heterocycles. The molecular weight excluding hydrogens is 288 g/mol. The third kappa shape index (κ3) is 2.00. The Morgan fingerprint density at radius 2 is 1.44 bits per heavy atom. The van der Waals surface area contributed by atoms with Gasteiger partial charge in [-0.15, -0.1) is 0 Å². The second kappa shape index (κ2) is 4.52. The first kappa shape index (κ1) is 11.9. The van der Waals surface area contributed by atoms with E-state index in [1.165, 1.54) is 0 Å². The van der Waals surface area contributed by atoms with Crippen molar-refractivity contribution in [2.24, 2.45) is 5.92 Å². The van der Waals surface area contributed by atoms with E-state index >= 15 is 0 Å². The van der Waals surface area contributed by atoms with E-state index in [-0.39, 0.29) is 0 Å². The molecule has 1 aliphatic rings. The first-order valence-corrected chi connectivity index (χ1v) is 7.04. The maximum absolute atomic E-state index is 11.2. The molecule has 1 unspecified atom stereocenters. The van der Waals surface area contributed by atoms with E-state index in [0.29, 0.717) is 5.92 Å². The van der Waals surface area contributed by atoms with Crippen LogP contribution in [0.15, 0.2) is 59.1 Å². The van der Waals surface area contributed by atoms with Gasteiger partial charge in [0.25, 0.3) is 0 Å². The van der Waals surface area contributed by atoms with Gasteiger partial charge in [0.15, 0.2) is 0 Å². The van der Waals surface area contributed by atoms with Gasteiger partial charge in [-0.2, -0.15) is 0 Å². The molecule has 1 atom stereocenters. The van der Waals surface area contributed by atoms with Crippen molar-refractivity contribution in [2.45, 2.75) is 18.4 Å². The van der Waals surface area contributed by atoms with Gasteiger partial charge in [-0.3, -0.25) is 0 Å². The van der Waals surface area contributed by atoms with Gasteiger partial charge in [0.1, 0.15) is 5.60 Å². The molecule has 0 spiro atoms. The van der Waals surface area contributed by atoms with Crippen molar-refractivity contribution in [3.63, 3.8) is 0 Å². The Kier molecular flexibility index (Phi) is 3.00. The van der Waals surface area contributed by atoms with Crippen LogP contribution in [0.3, 0.4) is 0 Å². The quantitative estimate of drug-likeness (QED) is 0.905. The first-order chi connectivity index (χ1) is 8.71. The zero-order valence-corrected chi connectivity index (χ0v) is 11.6. The highest BCUT2D eigenvalue weighted by Crippen LogP contribution is 2.49. The summed E-state index contributed by atoms with van der Waals surface area (Å²) in [6, 6.07) is 18.0. The van der Waals surface area contributed by atoms with Gasteiger partial charge in [-0.25, -0.2) is 0 Å². The maximum Gasteiger partial charge on any atom is 0.117 e. The van der Waals surface area contributed by atoms with E-state index in [0.717, 1.165) is 28.4 Å². The van der Waals surface area contributed by atoms with Crippen LogP contribution in [0.1, 0.15) is 24.0 Å². The number of aliphatic hydroxyl groups is 1. The van der Waals surface area contributed by atoms with Crippen LogP contribution in [0.2, 0.25) is 0 Å². The van der Waals surface area contributed by atoms with E-state index < -0.39 is 5.60 Å². The summed E-state index contributed by atoms with van der Waals surface area (Å²) in [5.74, 6) is 0.348. The molecule has 18 heavy (non-hydrogen) atoms. The molecular formula is C16H15BrO. The fourth-order valence-electron chi connectivity index (χ4n) is 2.54. The van der Waals surface area contributed by atoms with E-state index in [2.05, 4.69) is 15.9 Å². The lowest BCUT2D eigenvalue weighted by molar-refractivity contribution is 0.0564. The van der Waals surface area contributed by atoms with Gasteiger partial charge in [0.2, 0.25) is 0 Å². The van der Waals surface area contributed by atoms with Crippen molar-refractivity contribution in [1.29, 1.82) is 0 Å². The Labute approximate surface area is 116 Å². The second-order valence-corrected chi connectivity index (χ2v) is 5.83. The average Bonchev–Trinajstić information content (AvgIpc) is 3.24. The van der Waals surface area contributed by atoms with E-state index in [1.54, 1.807) is 0 Å². The van der Waals surface area contributed by atoms with Crippen LogP contribution >= 0.6 is 15.9 Å². The molecule has 1 nitrogen and oxygen atoms in total. The summed E-state index contributed by atoms with van der Waals surface area (Å²) < 4.78 is 1.04. The zero-order valence-electron chi connectivity index (χ0n) is 10.0. The Morgan fingerprint density at radius 3 is 2.00 bits per heavy atom. The first-order valence-electron chi connectivity index (χ1n) is 6.25. The molecule has 0 amide bonds. The Balaban J connectivity index is 2.09. The van der Waals surface area contributed by atoms with Gasteiger partial charge in [0.05, 0.1) is 0 Å². The van der Waals surface area contributed by atoms with E-state index in [1.807, 2.05) is 54.6 Å². The fourth-order valence-corrected chi connectivity index (χ4v) is 2.80. The average molecular weight is 303 g/mol. The minimum atomic E-state index is -0.831.